The van der Waals surface area contributed by atoms with Crippen LogP contribution in [-0.2, 0) is 13.0 Å². The highest BCUT2D eigenvalue weighted by Crippen LogP contribution is 2.21. The van der Waals surface area contributed by atoms with Crippen molar-refractivity contribution in [3.05, 3.63) is 35.4 Å². The fourth-order valence-electron chi connectivity index (χ4n) is 3.51. The minimum absolute atomic E-state index is 0.624. The second-order valence-corrected chi connectivity index (χ2v) is 6.47. The minimum Gasteiger partial charge on any atom is -0.310 e. The van der Waals surface area contributed by atoms with E-state index in [2.05, 4.69) is 55.3 Å². The number of rotatable bonds is 7. The Labute approximate surface area is 130 Å². The second-order valence-electron chi connectivity index (χ2n) is 6.47. The number of nitrogens with zero attached hydrogens (tertiary/aromatic N) is 1. The third kappa shape index (κ3) is 4.82. The van der Waals surface area contributed by atoms with Gasteiger partial charge in [0.05, 0.1) is 0 Å². The van der Waals surface area contributed by atoms with Gasteiger partial charge in [-0.05, 0) is 69.3 Å². The summed E-state index contributed by atoms with van der Waals surface area (Å²) in [4.78, 5) is 2.62. The van der Waals surface area contributed by atoms with Crippen LogP contribution in [0.25, 0.3) is 0 Å². The van der Waals surface area contributed by atoms with Crippen molar-refractivity contribution >= 4 is 0 Å². The lowest BCUT2D eigenvalue weighted by atomic mass is 9.90. The highest BCUT2D eigenvalue weighted by atomic mass is 15.1. The Kier molecular flexibility index (Phi) is 6.72. The molecule has 2 heteroatoms. The Morgan fingerprint density at radius 3 is 2.43 bits per heavy atom. The minimum atomic E-state index is 0.624. The van der Waals surface area contributed by atoms with Gasteiger partial charge in [-0.1, -0.05) is 38.1 Å². The quantitative estimate of drug-likeness (QED) is 0.820. The molecule has 1 fully saturated rings. The summed E-state index contributed by atoms with van der Waals surface area (Å²) in [5.74, 6) is 0.840. The Hall–Kier alpha value is -0.860. The Bertz CT molecular complexity index is 408. The predicted molar refractivity (Wildman–Crippen MR) is 91.6 cm³/mol. The largest absolute Gasteiger partial charge is 0.310 e. The first-order valence-electron chi connectivity index (χ1n) is 8.77. The first-order valence-corrected chi connectivity index (χ1v) is 8.77. The first kappa shape index (κ1) is 16.5. The fraction of sp³-hybridized carbons (Fsp3) is 0.684. The van der Waals surface area contributed by atoms with Gasteiger partial charge in [0.25, 0.3) is 0 Å². The van der Waals surface area contributed by atoms with E-state index in [9.17, 15) is 0 Å². The summed E-state index contributed by atoms with van der Waals surface area (Å²) in [6, 6.07) is 9.45. The first-order chi connectivity index (χ1) is 10.2. The molecule has 1 aliphatic heterocycles. The Morgan fingerprint density at radius 1 is 1.14 bits per heavy atom. The van der Waals surface area contributed by atoms with Gasteiger partial charge in [0.2, 0.25) is 0 Å². The van der Waals surface area contributed by atoms with Crippen LogP contribution in [0, 0.1) is 5.92 Å². The van der Waals surface area contributed by atoms with Crippen LogP contribution < -0.4 is 5.32 Å². The average molecular weight is 288 g/mol. The molecule has 1 N–H and O–H groups in total. The Morgan fingerprint density at radius 2 is 1.81 bits per heavy atom. The van der Waals surface area contributed by atoms with Gasteiger partial charge in [-0.2, -0.15) is 0 Å². The molecular weight excluding hydrogens is 256 g/mol. The van der Waals surface area contributed by atoms with Crippen LogP contribution in [0.15, 0.2) is 24.3 Å². The van der Waals surface area contributed by atoms with E-state index in [0.29, 0.717) is 6.04 Å². The zero-order valence-corrected chi connectivity index (χ0v) is 14.1. The van der Waals surface area contributed by atoms with Crippen molar-refractivity contribution in [1.29, 1.82) is 0 Å². The number of nitrogens with one attached hydrogen (secondary N) is 1. The maximum Gasteiger partial charge on any atom is 0.0210 e. The van der Waals surface area contributed by atoms with E-state index in [1.807, 2.05) is 0 Å². The third-order valence-corrected chi connectivity index (χ3v) is 4.99. The maximum atomic E-state index is 3.77. The summed E-state index contributed by atoms with van der Waals surface area (Å²) in [6.07, 6.45) is 5.11. The van der Waals surface area contributed by atoms with E-state index in [0.717, 1.165) is 18.9 Å². The highest BCUT2D eigenvalue weighted by molar-refractivity contribution is 5.26. The number of benzene rings is 1. The van der Waals surface area contributed by atoms with Gasteiger partial charge >= 0.3 is 0 Å². The molecule has 1 aromatic carbocycles. The molecule has 0 aliphatic carbocycles. The monoisotopic (exact) mass is 288 g/mol. The van der Waals surface area contributed by atoms with Gasteiger partial charge in [-0.3, -0.25) is 0 Å². The number of piperidine rings is 1. The number of likely N-dealkylation sites (tertiary alicyclic amines) is 1. The molecule has 1 heterocycles. The molecule has 1 aliphatic rings. The molecule has 0 spiro atoms. The summed E-state index contributed by atoms with van der Waals surface area (Å²) in [6.45, 7) is 11.8. The van der Waals surface area contributed by atoms with Crippen molar-refractivity contribution < 1.29 is 0 Å². The van der Waals surface area contributed by atoms with Crippen molar-refractivity contribution in [1.82, 2.24) is 10.2 Å². The van der Waals surface area contributed by atoms with Crippen LogP contribution >= 0.6 is 0 Å². The Balaban J connectivity index is 1.78. The van der Waals surface area contributed by atoms with Gasteiger partial charge in [-0.25, -0.2) is 0 Å². The average Bonchev–Trinajstić information content (AvgIpc) is 2.54. The molecule has 2 rings (SSSR count). The SMILES string of the molecule is CCCN1CCC(C(C)NCc2ccccc2CC)CC1. The molecule has 0 radical (unpaired) electrons. The van der Waals surface area contributed by atoms with Gasteiger partial charge in [0.15, 0.2) is 0 Å². The van der Waals surface area contributed by atoms with Crippen LogP contribution in [-0.4, -0.2) is 30.6 Å². The van der Waals surface area contributed by atoms with E-state index in [1.54, 1.807) is 0 Å². The standard InChI is InChI=1S/C19H32N2/c1-4-12-21-13-10-18(11-14-21)16(3)20-15-19-9-7-6-8-17(19)5-2/h6-9,16,18,20H,4-5,10-15H2,1-3H3. The summed E-state index contributed by atoms with van der Waals surface area (Å²) in [5.41, 5.74) is 2.95. The fourth-order valence-corrected chi connectivity index (χ4v) is 3.51. The number of hydrogen-bond acceptors (Lipinski definition) is 2. The van der Waals surface area contributed by atoms with E-state index < -0.39 is 0 Å². The van der Waals surface area contributed by atoms with Crippen LogP contribution in [0.2, 0.25) is 0 Å². The lowest BCUT2D eigenvalue weighted by molar-refractivity contribution is 0.162. The molecule has 118 valence electrons. The summed E-state index contributed by atoms with van der Waals surface area (Å²) in [5, 5.41) is 3.77. The maximum absolute atomic E-state index is 3.77. The van der Waals surface area contributed by atoms with Crippen molar-refractivity contribution in [3.8, 4) is 0 Å². The number of aryl methyl sites for hydroxylation is 1. The zero-order valence-electron chi connectivity index (χ0n) is 14.1. The van der Waals surface area contributed by atoms with Crippen molar-refractivity contribution in [2.45, 2.75) is 59.0 Å². The van der Waals surface area contributed by atoms with Gasteiger partial charge < -0.3 is 10.2 Å². The van der Waals surface area contributed by atoms with Gasteiger partial charge in [-0.15, -0.1) is 0 Å². The summed E-state index contributed by atoms with van der Waals surface area (Å²) in [7, 11) is 0. The second kappa shape index (κ2) is 8.55. The van der Waals surface area contributed by atoms with E-state index in [1.165, 1.54) is 50.0 Å². The van der Waals surface area contributed by atoms with Crippen LogP contribution in [0.5, 0.6) is 0 Å². The molecule has 1 saturated heterocycles. The molecule has 0 saturated carbocycles. The van der Waals surface area contributed by atoms with Crippen LogP contribution in [0.4, 0.5) is 0 Å². The molecule has 1 atom stereocenters. The van der Waals surface area contributed by atoms with Crippen LogP contribution in [0.3, 0.4) is 0 Å². The molecule has 0 aromatic heterocycles. The van der Waals surface area contributed by atoms with Crippen LogP contribution in [0.1, 0.15) is 51.2 Å². The van der Waals surface area contributed by atoms with Gasteiger partial charge in [0, 0.05) is 12.6 Å². The molecular formula is C19H32N2. The summed E-state index contributed by atoms with van der Waals surface area (Å²) >= 11 is 0. The highest BCUT2D eigenvalue weighted by Gasteiger charge is 2.23. The number of hydrogen-bond donors (Lipinski definition) is 1. The third-order valence-electron chi connectivity index (χ3n) is 4.99. The normalized spacial score (nSPS) is 18.8. The van der Waals surface area contributed by atoms with Crippen molar-refractivity contribution in [2.75, 3.05) is 19.6 Å². The van der Waals surface area contributed by atoms with E-state index >= 15 is 0 Å². The zero-order chi connectivity index (χ0) is 15.1. The summed E-state index contributed by atoms with van der Waals surface area (Å²) < 4.78 is 0. The van der Waals surface area contributed by atoms with E-state index in [-0.39, 0.29) is 0 Å². The van der Waals surface area contributed by atoms with Crippen molar-refractivity contribution in [3.63, 3.8) is 0 Å². The van der Waals surface area contributed by atoms with E-state index in [4.69, 9.17) is 0 Å². The molecule has 0 bridgehead atoms. The molecule has 0 amide bonds. The lowest BCUT2D eigenvalue weighted by Gasteiger charge is -2.35. The van der Waals surface area contributed by atoms with Gasteiger partial charge in [0.1, 0.15) is 0 Å². The molecule has 21 heavy (non-hydrogen) atoms. The molecule has 2 nitrogen and oxygen atoms in total. The smallest absolute Gasteiger partial charge is 0.0210 e. The molecule has 1 unspecified atom stereocenters. The lowest BCUT2D eigenvalue weighted by Crippen LogP contribution is -2.42. The predicted octanol–water partition coefficient (Wildman–Crippen LogP) is 3.85. The van der Waals surface area contributed by atoms with Crippen molar-refractivity contribution in [2.24, 2.45) is 5.92 Å². The molecule has 1 aromatic rings. The topological polar surface area (TPSA) is 15.3 Å².